The van der Waals surface area contributed by atoms with Gasteiger partial charge < -0.3 is 0 Å². The number of nitrogens with zero attached hydrogens (tertiary/aromatic N) is 2. The van der Waals surface area contributed by atoms with Crippen LogP contribution in [0.25, 0.3) is 55.9 Å². The molecule has 0 saturated heterocycles. The molecule has 6 N–H and O–H groups in total. The first-order valence-electron chi connectivity index (χ1n) is 21.3. The van der Waals surface area contributed by atoms with Gasteiger partial charge in [-0.3, -0.25) is 10.8 Å². The molecule has 0 spiro atoms. The summed E-state index contributed by atoms with van der Waals surface area (Å²) in [4.78, 5) is 10.0. The molecular weight excluding hydrogens is 821 g/mol. The number of nitrogens with one attached hydrogen (secondary N) is 2. The van der Waals surface area contributed by atoms with Gasteiger partial charge in [-0.25, -0.2) is 20.8 Å². The van der Waals surface area contributed by atoms with E-state index in [4.69, 9.17) is 20.8 Å². The van der Waals surface area contributed by atoms with Crippen LogP contribution in [0, 0.1) is 10.8 Å². The molecule has 0 radical (unpaired) electrons. The van der Waals surface area contributed by atoms with Gasteiger partial charge in [0, 0.05) is 56.6 Å². The Morgan fingerprint density at radius 2 is 0.828 bits per heavy atom. The molecule has 64 heavy (non-hydrogen) atoms. The van der Waals surface area contributed by atoms with Gasteiger partial charge in [0.2, 0.25) is 0 Å². The standard InChI is InChI=1S/C56H44N6S2/c1-55(2)43-18-10-8-16-39(43)41-26-24-34(31-45(41)55)47-20-12-22-49(61-47)53(59)63-51(57)37-28-36(33-14-6-5-7-15-33)29-38(30-37)52(58)64-54(60)50-23-13-21-48(62-50)35-25-27-42-40-17-9-11-19-44(40)56(3,4)46(42)32-35/h5-32,57-60H,1-4H3/p+2. The minimum atomic E-state index is -0.127. The number of benzene rings is 6. The minimum absolute atomic E-state index is 0.127. The molecule has 8 heteroatoms. The Morgan fingerprint density at radius 1 is 0.406 bits per heavy atom. The molecular formula is C56H46N6S2+2. The maximum atomic E-state index is 9.32. The van der Waals surface area contributed by atoms with E-state index in [2.05, 4.69) is 113 Å². The van der Waals surface area contributed by atoms with Crippen molar-refractivity contribution in [3.63, 3.8) is 0 Å². The first-order valence-corrected chi connectivity index (χ1v) is 22.9. The second kappa shape index (κ2) is 16.0. The zero-order valence-corrected chi connectivity index (χ0v) is 37.7. The smallest absolute Gasteiger partial charge is 0.263 e. The van der Waals surface area contributed by atoms with Gasteiger partial charge >= 0.3 is 0 Å². The molecule has 2 heterocycles. The molecule has 0 bridgehead atoms. The van der Waals surface area contributed by atoms with Gasteiger partial charge in [-0.05, 0) is 110 Å². The Hall–Kier alpha value is -7.00. The molecule has 2 aromatic heterocycles. The number of thioether (sulfide) groups is 2. The molecule has 0 atom stereocenters. The maximum absolute atomic E-state index is 9.32. The van der Waals surface area contributed by atoms with Crippen molar-refractivity contribution in [3.05, 3.63) is 215 Å². The van der Waals surface area contributed by atoms with E-state index in [0.29, 0.717) is 32.6 Å². The van der Waals surface area contributed by atoms with Crippen molar-refractivity contribution >= 4 is 43.7 Å². The molecule has 2 aliphatic carbocycles. The summed E-state index contributed by atoms with van der Waals surface area (Å²) in [5.74, 6) is 0. The Bertz CT molecular complexity index is 3060. The topological polar surface area (TPSA) is 125 Å². The largest absolute Gasteiger partial charge is 0.293 e. The normalized spacial score (nSPS) is 13.6. The van der Waals surface area contributed by atoms with Gasteiger partial charge in [-0.1, -0.05) is 143 Å². The number of aromatic nitrogens is 2. The molecule has 2 aliphatic rings. The minimum Gasteiger partial charge on any atom is -0.293 e. The molecule has 0 aliphatic heterocycles. The van der Waals surface area contributed by atoms with E-state index in [1.165, 1.54) is 44.5 Å². The van der Waals surface area contributed by atoms with Gasteiger partial charge in [0.15, 0.2) is 0 Å². The van der Waals surface area contributed by atoms with E-state index in [-0.39, 0.29) is 20.9 Å². The number of hydrogen-bond donors (Lipinski definition) is 4. The average molecular weight is 867 g/mol. The molecule has 310 valence electrons. The van der Waals surface area contributed by atoms with E-state index >= 15 is 0 Å². The number of nitrogens with two attached hydrogens (primary N) is 2. The van der Waals surface area contributed by atoms with Crippen molar-refractivity contribution in [2.75, 3.05) is 0 Å². The maximum Gasteiger partial charge on any atom is 0.263 e. The molecule has 8 aromatic rings. The molecule has 0 saturated carbocycles. The van der Waals surface area contributed by atoms with Crippen LogP contribution in [0.3, 0.4) is 0 Å². The van der Waals surface area contributed by atoms with Gasteiger partial charge in [0.25, 0.3) is 10.1 Å². The van der Waals surface area contributed by atoms with Crippen LogP contribution in [0.2, 0.25) is 0 Å². The zero-order chi connectivity index (χ0) is 44.3. The number of hydrogen-bond acceptors (Lipinski definition) is 6. The van der Waals surface area contributed by atoms with Gasteiger partial charge in [0.05, 0.1) is 11.4 Å². The van der Waals surface area contributed by atoms with E-state index in [1.807, 2.05) is 84.9 Å². The van der Waals surface area contributed by atoms with Crippen molar-refractivity contribution in [3.8, 4) is 55.9 Å². The average Bonchev–Trinajstić information content (AvgIpc) is 3.70. The monoisotopic (exact) mass is 866 g/mol. The Kier molecular flexibility index (Phi) is 10.2. The van der Waals surface area contributed by atoms with Crippen LogP contribution in [-0.2, 0) is 10.8 Å². The summed E-state index contributed by atoms with van der Waals surface area (Å²) in [6, 6.07) is 57.9. The predicted molar refractivity (Wildman–Crippen MR) is 267 cm³/mol. The van der Waals surface area contributed by atoms with Crippen molar-refractivity contribution in [1.82, 2.24) is 9.97 Å². The van der Waals surface area contributed by atoms with Crippen LogP contribution in [0.15, 0.2) is 170 Å². The highest BCUT2D eigenvalue weighted by atomic mass is 32.2. The fraction of sp³-hybridized carbons (Fsp3) is 0.107. The van der Waals surface area contributed by atoms with Crippen LogP contribution in [0.4, 0.5) is 0 Å². The van der Waals surface area contributed by atoms with E-state index in [1.54, 1.807) is 0 Å². The van der Waals surface area contributed by atoms with E-state index in [0.717, 1.165) is 57.2 Å². The first kappa shape index (κ1) is 41.0. The molecule has 10 rings (SSSR count). The third-order valence-electron chi connectivity index (χ3n) is 12.8. The number of fused-ring (bicyclic) bond motifs is 6. The second-order valence-corrected chi connectivity index (χ2v) is 19.5. The lowest BCUT2D eigenvalue weighted by Crippen LogP contribution is -2.39. The van der Waals surface area contributed by atoms with Crippen molar-refractivity contribution < 1.29 is 10.8 Å². The fourth-order valence-electron chi connectivity index (χ4n) is 9.32. The van der Waals surface area contributed by atoms with Crippen LogP contribution < -0.4 is 10.8 Å². The molecule has 0 amide bonds. The molecule has 0 fully saturated rings. The first-order chi connectivity index (χ1) is 30.9. The molecule has 6 aromatic carbocycles. The van der Waals surface area contributed by atoms with Crippen molar-refractivity contribution in [2.45, 2.75) is 38.5 Å². The summed E-state index contributed by atoms with van der Waals surface area (Å²) in [5, 5.41) is 33.5. The third kappa shape index (κ3) is 7.22. The van der Waals surface area contributed by atoms with E-state index < -0.39 is 0 Å². The van der Waals surface area contributed by atoms with Crippen molar-refractivity contribution in [2.24, 2.45) is 0 Å². The summed E-state index contributed by atoms with van der Waals surface area (Å²) in [6.45, 7) is 9.10. The Morgan fingerprint density at radius 3 is 1.30 bits per heavy atom. The summed E-state index contributed by atoms with van der Waals surface area (Å²) in [7, 11) is 0. The van der Waals surface area contributed by atoms with Crippen LogP contribution in [0.1, 0.15) is 72.5 Å². The van der Waals surface area contributed by atoms with Gasteiger partial charge in [-0.2, -0.15) is 0 Å². The zero-order valence-electron chi connectivity index (χ0n) is 36.0. The molecule has 6 nitrogen and oxygen atoms in total. The highest BCUT2D eigenvalue weighted by Gasteiger charge is 2.36. The second-order valence-electron chi connectivity index (χ2n) is 17.4. The quantitative estimate of drug-likeness (QED) is 0.0940. The third-order valence-corrected chi connectivity index (χ3v) is 14.5. The SMILES string of the molecule is CC1(C)c2ccccc2-c2ccc(-c3cccc(C(=[NH2+])SC(=N)c4cc(C(=N)SC(=[NH2+])c5cccc(-c6ccc7c(c6)C(C)(C)c6ccccc6-7)n5)cc(-c5ccccc5)c4)n3)cc21. The van der Waals surface area contributed by atoms with Crippen molar-refractivity contribution in [1.29, 1.82) is 10.8 Å². The number of rotatable bonds is 7. The van der Waals surface area contributed by atoms with Crippen LogP contribution >= 0.6 is 23.5 Å². The summed E-state index contributed by atoms with van der Waals surface area (Å²) < 4.78 is 0. The highest BCUT2D eigenvalue weighted by Crippen LogP contribution is 2.50. The lowest BCUT2D eigenvalue weighted by Gasteiger charge is -2.21. The predicted octanol–water partition coefficient (Wildman–Crippen LogP) is 10.6. The summed E-state index contributed by atoms with van der Waals surface area (Å²) in [5.41, 5.74) is 18.0. The number of pyridine rings is 2. The fourth-order valence-corrected chi connectivity index (χ4v) is 10.7. The van der Waals surface area contributed by atoms with E-state index in [9.17, 15) is 10.8 Å². The molecule has 0 unspecified atom stereocenters. The Balaban J connectivity index is 0.886. The summed E-state index contributed by atoms with van der Waals surface area (Å²) >= 11 is 2.31. The lowest BCUT2D eigenvalue weighted by atomic mass is 9.82. The Labute approximate surface area is 382 Å². The van der Waals surface area contributed by atoms with Gasteiger partial charge in [-0.15, -0.1) is 0 Å². The van der Waals surface area contributed by atoms with Crippen LogP contribution in [0.5, 0.6) is 0 Å². The van der Waals surface area contributed by atoms with Gasteiger partial charge in [0.1, 0.15) is 21.5 Å². The highest BCUT2D eigenvalue weighted by molar-refractivity contribution is 8.27. The lowest BCUT2D eigenvalue weighted by molar-refractivity contribution is -0.108. The summed E-state index contributed by atoms with van der Waals surface area (Å²) in [6.07, 6.45) is 0. The van der Waals surface area contributed by atoms with Crippen LogP contribution in [-0.4, -0.2) is 30.1 Å².